The van der Waals surface area contributed by atoms with E-state index in [9.17, 15) is 4.79 Å². The van der Waals surface area contributed by atoms with Gasteiger partial charge in [0.15, 0.2) is 0 Å². The molecule has 1 amide bonds. The van der Waals surface area contributed by atoms with Crippen molar-refractivity contribution in [2.45, 2.75) is 19.0 Å². The molecule has 94 valence electrons. The zero-order chi connectivity index (χ0) is 12.8. The first-order chi connectivity index (χ1) is 8.75. The van der Waals surface area contributed by atoms with Crippen molar-refractivity contribution in [1.29, 1.82) is 0 Å². The Morgan fingerprint density at radius 3 is 2.83 bits per heavy atom. The van der Waals surface area contributed by atoms with E-state index in [0.717, 1.165) is 10.4 Å². The second-order valence-corrected chi connectivity index (χ2v) is 4.95. The van der Waals surface area contributed by atoms with Gasteiger partial charge in [-0.15, -0.1) is 11.3 Å². The molecule has 0 saturated heterocycles. The number of amides is 1. The van der Waals surface area contributed by atoms with Crippen LogP contribution in [0.25, 0.3) is 0 Å². The van der Waals surface area contributed by atoms with Crippen molar-refractivity contribution in [1.82, 2.24) is 10.3 Å². The highest BCUT2D eigenvalue weighted by molar-refractivity contribution is 7.09. The van der Waals surface area contributed by atoms with Gasteiger partial charge in [0.2, 0.25) is 5.91 Å². The van der Waals surface area contributed by atoms with E-state index < -0.39 is 6.04 Å². The molecule has 0 aliphatic rings. The fraction of sp³-hybridized carbons (Fsp3) is 0.231. The van der Waals surface area contributed by atoms with E-state index in [2.05, 4.69) is 10.3 Å². The smallest absolute Gasteiger partial charge is 0.237 e. The Balaban J connectivity index is 1.82. The number of aromatic nitrogens is 1. The van der Waals surface area contributed by atoms with Gasteiger partial charge in [-0.05, 0) is 12.0 Å². The van der Waals surface area contributed by atoms with Crippen LogP contribution in [0.5, 0.6) is 0 Å². The van der Waals surface area contributed by atoms with Crippen molar-refractivity contribution in [2.24, 2.45) is 5.73 Å². The molecule has 0 aliphatic carbocycles. The van der Waals surface area contributed by atoms with Crippen LogP contribution in [0.2, 0.25) is 0 Å². The highest BCUT2D eigenvalue weighted by Crippen LogP contribution is 2.05. The van der Waals surface area contributed by atoms with Gasteiger partial charge < -0.3 is 11.1 Å². The van der Waals surface area contributed by atoms with Gasteiger partial charge >= 0.3 is 0 Å². The third kappa shape index (κ3) is 3.65. The molecule has 1 aromatic carbocycles. The molecule has 1 atom stereocenters. The van der Waals surface area contributed by atoms with Crippen LogP contribution in [0.15, 0.2) is 42.0 Å². The summed E-state index contributed by atoms with van der Waals surface area (Å²) < 4.78 is 0. The molecule has 0 spiro atoms. The van der Waals surface area contributed by atoms with Gasteiger partial charge in [-0.3, -0.25) is 9.78 Å². The van der Waals surface area contributed by atoms with Crippen LogP contribution in [-0.2, 0) is 17.8 Å². The molecule has 3 N–H and O–H groups in total. The molecule has 0 saturated carbocycles. The summed E-state index contributed by atoms with van der Waals surface area (Å²) in [4.78, 5) is 16.8. The average Bonchev–Trinajstić information content (AvgIpc) is 2.90. The Morgan fingerprint density at radius 2 is 2.17 bits per heavy atom. The van der Waals surface area contributed by atoms with Crippen LogP contribution >= 0.6 is 11.3 Å². The molecule has 2 rings (SSSR count). The minimum Gasteiger partial charge on any atom is -0.350 e. The van der Waals surface area contributed by atoms with E-state index in [0.29, 0.717) is 13.0 Å². The molecule has 18 heavy (non-hydrogen) atoms. The Kier molecular flexibility index (Phi) is 4.44. The minimum atomic E-state index is -0.514. The largest absolute Gasteiger partial charge is 0.350 e. The summed E-state index contributed by atoms with van der Waals surface area (Å²) in [5.74, 6) is -0.132. The highest BCUT2D eigenvalue weighted by Gasteiger charge is 2.13. The number of nitrogens with two attached hydrogens (primary N) is 1. The predicted molar refractivity (Wildman–Crippen MR) is 72.1 cm³/mol. The molecule has 2 aromatic rings. The van der Waals surface area contributed by atoms with Crippen LogP contribution in [0.4, 0.5) is 0 Å². The highest BCUT2D eigenvalue weighted by atomic mass is 32.1. The fourth-order valence-electron chi connectivity index (χ4n) is 1.60. The van der Waals surface area contributed by atoms with E-state index in [1.54, 1.807) is 11.7 Å². The van der Waals surface area contributed by atoms with Crippen molar-refractivity contribution in [3.8, 4) is 0 Å². The Morgan fingerprint density at radius 1 is 1.39 bits per heavy atom. The third-order valence-corrected chi connectivity index (χ3v) is 3.34. The first-order valence-corrected chi connectivity index (χ1v) is 6.58. The van der Waals surface area contributed by atoms with Crippen molar-refractivity contribution >= 4 is 17.2 Å². The molecule has 0 fully saturated rings. The first kappa shape index (κ1) is 12.7. The molecule has 0 aliphatic heterocycles. The molecule has 0 unspecified atom stereocenters. The van der Waals surface area contributed by atoms with Crippen LogP contribution in [0.3, 0.4) is 0 Å². The number of nitrogens with one attached hydrogen (secondary N) is 1. The summed E-state index contributed by atoms with van der Waals surface area (Å²) in [7, 11) is 0. The van der Waals surface area contributed by atoms with Gasteiger partial charge in [-0.1, -0.05) is 30.3 Å². The van der Waals surface area contributed by atoms with Gasteiger partial charge in [0.05, 0.1) is 18.1 Å². The molecular formula is C13H15N3OS. The summed E-state index contributed by atoms with van der Waals surface area (Å²) in [6.45, 7) is 0.492. The Bertz CT molecular complexity index is 484. The molecule has 5 heteroatoms. The number of nitrogens with zero attached hydrogens (tertiary/aromatic N) is 1. The summed E-state index contributed by atoms with van der Waals surface area (Å²) in [6.07, 6.45) is 2.29. The topological polar surface area (TPSA) is 68.0 Å². The van der Waals surface area contributed by atoms with E-state index >= 15 is 0 Å². The van der Waals surface area contributed by atoms with Gasteiger partial charge in [0, 0.05) is 11.1 Å². The average molecular weight is 261 g/mol. The van der Waals surface area contributed by atoms with E-state index in [1.807, 2.05) is 30.3 Å². The summed E-state index contributed by atoms with van der Waals surface area (Å²) >= 11 is 1.51. The molecular weight excluding hydrogens is 246 g/mol. The third-order valence-electron chi connectivity index (χ3n) is 2.56. The number of carbonyl (C=O) groups is 1. The quantitative estimate of drug-likeness (QED) is 0.853. The number of hydrogen-bond donors (Lipinski definition) is 2. The van der Waals surface area contributed by atoms with Crippen LogP contribution in [-0.4, -0.2) is 16.9 Å². The zero-order valence-corrected chi connectivity index (χ0v) is 10.7. The second-order valence-electron chi connectivity index (χ2n) is 3.98. The van der Waals surface area contributed by atoms with Gasteiger partial charge in [0.25, 0.3) is 0 Å². The van der Waals surface area contributed by atoms with E-state index in [1.165, 1.54) is 11.3 Å². The lowest BCUT2D eigenvalue weighted by Gasteiger charge is -2.11. The van der Waals surface area contributed by atoms with Gasteiger partial charge in [-0.25, -0.2) is 0 Å². The maximum absolute atomic E-state index is 11.8. The normalized spacial score (nSPS) is 12.1. The molecule has 1 heterocycles. The lowest BCUT2D eigenvalue weighted by molar-refractivity contribution is -0.122. The molecule has 0 radical (unpaired) electrons. The number of hydrogen-bond acceptors (Lipinski definition) is 4. The van der Waals surface area contributed by atoms with Gasteiger partial charge in [-0.2, -0.15) is 0 Å². The second kappa shape index (κ2) is 6.28. The van der Waals surface area contributed by atoms with Crippen LogP contribution < -0.4 is 11.1 Å². The number of rotatable bonds is 5. The van der Waals surface area contributed by atoms with Gasteiger partial charge in [0.1, 0.15) is 0 Å². The molecule has 0 bridgehead atoms. The summed E-state index contributed by atoms with van der Waals surface area (Å²) in [5, 5.41) is 2.81. The number of benzene rings is 1. The van der Waals surface area contributed by atoms with Crippen LogP contribution in [0, 0.1) is 0 Å². The Labute approximate surface area is 110 Å². The predicted octanol–water partition coefficient (Wildman–Crippen LogP) is 1.33. The summed E-state index contributed by atoms with van der Waals surface area (Å²) in [5.41, 5.74) is 8.67. The van der Waals surface area contributed by atoms with Crippen molar-refractivity contribution in [3.63, 3.8) is 0 Å². The Hall–Kier alpha value is -1.72. The maximum atomic E-state index is 11.8. The monoisotopic (exact) mass is 261 g/mol. The SMILES string of the molecule is N[C@@H](Cc1ccccc1)C(=O)NCc1cncs1. The number of carbonyl (C=O) groups excluding carboxylic acids is 1. The van der Waals surface area contributed by atoms with E-state index in [4.69, 9.17) is 5.73 Å². The first-order valence-electron chi connectivity index (χ1n) is 5.70. The lowest BCUT2D eigenvalue weighted by atomic mass is 10.1. The lowest BCUT2D eigenvalue weighted by Crippen LogP contribution is -2.41. The zero-order valence-electron chi connectivity index (χ0n) is 9.87. The fourth-order valence-corrected chi connectivity index (χ4v) is 2.13. The number of thiazole rings is 1. The summed E-state index contributed by atoms with van der Waals surface area (Å²) in [6, 6.07) is 9.25. The standard InChI is InChI=1S/C13H15N3OS/c14-12(6-10-4-2-1-3-5-10)13(17)16-8-11-7-15-9-18-11/h1-5,7,9,12H,6,8,14H2,(H,16,17)/t12-/m0/s1. The minimum absolute atomic E-state index is 0.132. The van der Waals surface area contributed by atoms with Crippen molar-refractivity contribution in [2.75, 3.05) is 0 Å². The van der Waals surface area contributed by atoms with Crippen molar-refractivity contribution < 1.29 is 4.79 Å². The maximum Gasteiger partial charge on any atom is 0.237 e. The van der Waals surface area contributed by atoms with E-state index in [-0.39, 0.29) is 5.91 Å². The van der Waals surface area contributed by atoms with Crippen molar-refractivity contribution in [3.05, 3.63) is 52.5 Å². The van der Waals surface area contributed by atoms with Crippen LogP contribution in [0.1, 0.15) is 10.4 Å². The molecule has 1 aromatic heterocycles. The molecule has 4 nitrogen and oxygen atoms in total.